The minimum Gasteiger partial charge on any atom is -1.00 e. The van der Waals surface area contributed by atoms with Gasteiger partial charge in [0.25, 0.3) is 0 Å². The lowest BCUT2D eigenvalue weighted by Crippen LogP contribution is -3.00. The van der Waals surface area contributed by atoms with Crippen molar-refractivity contribution in [3.8, 4) is 0 Å². The molecule has 3 unspecified atom stereocenters. The molecule has 28 heavy (non-hydrogen) atoms. The summed E-state index contributed by atoms with van der Waals surface area (Å²) < 4.78 is 12.4. The Kier molecular flexibility index (Phi) is 9.96. The molecular weight excluding hydrogens is 418 g/mol. The second-order valence-corrected chi connectivity index (χ2v) is 10.4. The van der Waals surface area contributed by atoms with E-state index < -0.39 is 0 Å². The molecule has 0 amide bonds. The predicted octanol–water partition coefficient (Wildman–Crippen LogP) is 1.81. The summed E-state index contributed by atoms with van der Waals surface area (Å²) in [4.78, 5) is 12.1. The smallest absolute Gasteiger partial charge is 0.361 e. The fraction of sp³-hybridized carbons (Fsp3) is 0.957. The number of esters is 1. The first-order chi connectivity index (χ1) is 12.6. The summed E-state index contributed by atoms with van der Waals surface area (Å²) in [6, 6.07) is 0. The quantitative estimate of drug-likeness (QED) is 0.252. The highest BCUT2D eigenvalue weighted by atomic mass is 79.9. The lowest BCUT2D eigenvalue weighted by molar-refractivity contribution is -0.883. The van der Waals surface area contributed by atoms with E-state index in [9.17, 15) is 4.79 Å². The van der Waals surface area contributed by atoms with Crippen molar-refractivity contribution in [2.75, 3.05) is 40.4 Å². The molecule has 4 nitrogen and oxygen atoms in total. The molecule has 0 radical (unpaired) electrons. The van der Waals surface area contributed by atoms with Crippen molar-refractivity contribution in [3.05, 3.63) is 0 Å². The van der Waals surface area contributed by atoms with Crippen molar-refractivity contribution in [1.29, 1.82) is 0 Å². The third-order valence-corrected chi connectivity index (χ3v) is 7.80. The number of halogens is 1. The zero-order chi connectivity index (χ0) is 20.1. The SMILES string of the molecule is CCCCCCCOC(=O)C[N+](C)(C)CCOC1CC2CCC1(C)C2(C)C.[Br-]. The summed E-state index contributed by atoms with van der Waals surface area (Å²) in [7, 11) is 4.19. The first kappa shape index (κ1) is 25.9. The highest BCUT2D eigenvalue weighted by Crippen LogP contribution is 2.66. The van der Waals surface area contributed by atoms with Gasteiger partial charge in [0.05, 0.1) is 33.4 Å². The van der Waals surface area contributed by atoms with Gasteiger partial charge >= 0.3 is 5.97 Å². The number of rotatable bonds is 12. The molecule has 166 valence electrons. The average molecular weight is 463 g/mol. The van der Waals surface area contributed by atoms with Crippen LogP contribution in [-0.2, 0) is 14.3 Å². The van der Waals surface area contributed by atoms with Crippen LogP contribution in [-0.4, -0.2) is 57.0 Å². The molecule has 2 saturated carbocycles. The molecule has 0 heterocycles. The van der Waals surface area contributed by atoms with Gasteiger partial charge in [-0.2, -0.15) is 0 Å². The Bertz CT molecular complexity index is 494. The first-order valence-electron chi connectivity index (χ1n) is 11.2. The van der Waals surface area contributed by atoms with Crippen molar-refractivity contribution < 1.29 is 35.7 Å². The third-order valence-electron chi connectivity index (χ3n) is 7.80. The van der Waals surface area contributed by atoms with Crippen molar-refractivity contribution in [2.24, 2.45) is 16.7 Å². The van der Waals surface area contributed by atoms with E-state index in [0.717, 1.165) is 31.9 Å². The van der Waals surface area contributed by atoms with Gasteiger partial charge in [0.15, 0.2) is 6.54 Å². The molecule has 5 heteroatoms. The summed E-state index contributed by atoms with van der Waals surface area (Å²) in [5, 5.41) is 0. The summed E-state index contributed by atoms with van der Waals surface area (Å²) in [6.07, 6.45) is 10.1. The second-order valence-electron chi connectivity index (χ2n) is 10.4. The molecule has 0 aromatic carbocycles. The fourth-order valence-electron chi connectivity index (χ4n) is 5.19. The normalized spacial score (nSPS) is 28.2. The number of carbonyl (C=O) groups excluding carboxylic acids is 1. The topological polar surface area (TPSA) is 35.5 Å². The van der Waals surface area contributed by atoms with E-state index in [0.29, 0.717) is 34.6 Å². The molecule has 0 N–H and O–H groups in total. The summed E-state index contributed by atoms with van der Waals surface area (Å²) in [5.41, 5.74) is 0.703. The lowest BCUT2D eigenvalue weighted by atomic mass is 9.70. The van der Waals surface area contributed by atoms with Gasteiger partial charge in [-0.25, -0.2) is 4.79 Å². The molecular formula is C23H44BrNO3. The first-order valence-corrected chi connectivity index (χ1v) is 11.2. The molecule has 2 bridgehead atoms. The van der Waals surface area contributed by atoms with Gasteiger partial charge in [-0.1, -0.05) is 53.4 Å². The zero-order valence-corrected chi connectivity index (χ0v) is 20.8. The Hall–Kier alpha value is -0.130. The van der Waals surface area contributed by atoms with Gasteiger partial charge in [-0.05, 0) is 42.4 Å². The van der Waals surface area contributed by atoms with Crippen LogP contribution >= 0.6 is 0 Å². The second kappa shape index (κ2) is 10.8. The van der Waals surface area contributed by atoms with Crippen LogP contribution in [0.15, 0.2) is 0 Å². The minimum atomic E-state index is -0.0801. The average Bonchev–Trinajstić information content (AvgIpc) is 2.91. The van der Waals surface area contributed by atoms with Crippen LogP contribution in [0.25, 0.3) is 0 Å². The number of unbranched alkanes of at least 4 members (excludes halogenated alkanes) is 4. The Labute approximate surface area is 184 Å². The lowest BCUT2D eigenvalue weighted by Gasteiger charge is -2.39. The predicted molar refractivity (Wildman–Crippen MR) is 111 cm³/mol. The van der Waals surface area contributed by atoms with Crippen LogP contribution in [0, 0.1) is 16.7 Å². The maximum Gasteiger partial charge on any atom is 0.361 e. The molecule has 2 rings (SSSR count). The molecule has 0 spiro atoms. The highest BCUT2D eigenvalue weighted by Gasteiger charge is 2.61. The van der Waals surface area contributed by atoms with Crippen LogP contribution in [0.2, 0.25) is 0 Å². The molecule has 0 aromatic rings. The Morgan fingerprint density at radius 1 is 1.07 bits per heavy atom. The number of nitrogens with zero attached hydrogens (tertiary/aromatic N) is 1. The summed E-state index contributed by atoms with van der Waals surface area (Å²) in [6.45, 7) is 12.0. The van der Waals surface area contributed by atoms with Crippen molar-refractivity contribution >= 4 is 5.97 Å². The van der Waals surface area contributed by atoms with Crippen molar-refractivity contribution in [1.82, 2.24) is 0 Å². The number of likely N-dealkylation sites (N-methyl/N-ethyl adjacent to an activating group) is 1. The standard InChI is InChI=1S/C23H44NO3.BrH/c1-7-8-9-10-11-15-27-21(25)18-24(5,6)14-16-26-20-17-19-12-13-23(20,4)22(19,2)3;/h19-20H,7-18H2,1-6H3;1H/q+1;/p-1. The highest BCUT2D eigenvalue weighted by molar-refractivity contribution is 5.70. The Balaban J connectivity index is 0.00000392. The summed E-state index contributed by atoms with van der Waals surface area (Å²) in [5.74, 6) is 0.728. The van der Waals surface area contributed by atoms with Crippen LogP contribution in [0.3, 0.4) is 0 Å². The van der Waals surface area contributed by atoms with Gasteiger partial charge in [-0.3, -0.25) is 0 Å². The van der Waals surface area contributed by atoms with Crippen molar-refractivity contribution in [3.63, 3.8) is 0 Å². The van der Waals surface area contributed by atoms with Gasteiger partial charge in [0.1, 0.15) is 6.54 Å². The Morgan fingerprint density at radius 3 is 2.32 bits per heavy atom. The number of hydrogen-bond acceptors (Lipinski definition) is 3. The zero-order valence-electron chi connectivity index (χ0n) is 19.2. The van der Waals surface area contributed by atoms with Crippen LogP contribution in [0.1, 0.15) is 79.1 Å². The number of fused-ring (bicyclic) bond motifs is 2. The molecule has 2 aliphatic rings. The maximum absolute atomic E-state index is 12.1. The van der Waals surface area contributed by atoms with E-state index in [-0.39, 0.29) is 23.0 Å². The minimum absolute atomic E-state index is 0. The maximum atomic E-state index is 12.1. The van der Waals surface area contributed by atoms with Crippen molar-refractivity contribution in [2.45, 2.75) is 85.2 Å². The molecule has 0 aliphatic heterocycles. The molecule has 0 aromatic heterocycles. The number of ether oxygens (including phenoxy) is 2. The van der Waals surface area contributed by atoms with E-state index in [4.69, 9.17) is 9.47 Å². The Morgan fingerprint density at radius 2 is 1.75 bits per heavy atom. The third kappa shape index (κ3) is 6.18. The number of carbonyl (C=O) groups is 1. The van der Waals surface area contributed by atoms with Crippen LogP contribution in [0.5, 0.6) is 0 Å². The fourth-order valence-corrected chi connectivity index (χ4v) is 5.19. The van der Waals surface area contributed by atoms with E-state index in [2.05, 4.69) is 41.8 Å². The number of hydrogen-bond donors (Lipinski definition) is 0. The summed E-state index contributed by atoms with van der Waals surface area (Å²) >= 11 is 0. The molecule has 3 atom stereocenters. The van der Waals surface area contributed by atoms with E-state index >= 15 is 0 Å². The van der Waals surface area contributed by atoms with Gasteiger partial charge < -0.3 is 30.9 Å². The van der Waals surface area contributed by atoms with Crippen LogP contribution in [0.4, 0.5) is 0 Å². The van der Waals surface area contributed by atoms with E-state index in [1.165, 1.54) is 38.5 Å². The molecule has 0 saturated heterocycles. The molecule has 2 fully saturated rings. The van der Waals surface area contributed by atoms with E-state index in [1.807, 2.05) is 0 Å². The van der Waals surface area contributed by atoms with E-state index in [1.54, 1.807) is 0 Å². The monoisotopic (exact) mass is 461 g/mol. The molecule has 2 aliphatic carbocycles. The number of quaternary nitrogens is 1. The van der Waals surface area contributed by atoms with Gasteiger partial charge in [0.2, 0.25) is 0 Å². The van der Waals surface area contributed by atoms with Crippen LogP contribution < -0.4 is 17.0 Å². The largest absolute Gasteiger partial charge is 1.00 e. The van der Waals surface area contributed by atoms with Gasteiger partial charge in [-0.15, -0.1) is 0 Å². The van der Waals surface area contributed by atoms with Gasteiger partial charge in [0, 0.05) is 0 Å².